The van der Waals surface area contributed by atoms with Gasteiger partial charge in [0, 0.05) is 7.11 Å². The highest BCUT2D eigenvalue weighted by Crippen LogP contribution is 2.25. The van der Waals surface area contributed by atoms with E-state index in [-0.39, 0.29) is 12.4 Å². The van der Waals surface area contributed by atoms with Gasteiger partial charge in [0.05, 0.1) is 13.1 Å². The van der Waals surface area contributed by atoms with Crippen molar-refractivity contribution in [2.75, 3.05) is 13.7 Å². The molecular weight excluding hydrogens is 251 g/mol. The lowest BCUT2D eigenvalue weighted by atomic mass is 10.0. The van der Waals surface area contributed by atoms with Crippen LogP contribution in [0, 0.1) is 0 Å². The zero-order valence-electron chi connectivity index (χ0n) is 10.5. The molecule has 0 saturated heterocycles. The molecule has 18 heavy (non-hydrogen) atoms. The van der Waals surface area contributed by atoms with Crippen LogP contribution in [0.5, 0.6) is 0 Å². The van der Waals surface area contributed by atoms with Crippen LogP contribution >= 0.6 is 0 Å². The van der Waals surface area contributed by atoms with Gasteiger partial charge in [0.2, 0.25) is 11.7 Å². The largest absolute Gasteiger partial charge is 0.401 e. The first-order valence-electron chi connectivity index (χ1n) is 5.46. The monoisotopic (exact) mass is 267 g/mol. The van der Waals surface area contributed by atoms with Crippen LogP contribution in [0.1, 0.15) is 32.0 Å². The van der Waals surface area contributed by atoms with Crippen molar-refractivity contribution in [3.63, 3.8) is 0 Å². The van der Waals surface area contributed by atoms with E-state index < -0.39 is 18.3 Å². The lowest BCUT2D eigenvalue weighted by molar-refractivity contribution is -0.125. The Bertz CT molecular complexity index is 375. The predicted molar refractivity (Wildman–Crippen MR) is 56.7 cm³/mol. The van der Waals surface area contributed by atoms with Crippen molar-refractivity contribution in [1.29, 1.82) is 0 Å². The molecule has 0 saturated carbocycles. The van der Waals surface area contributed by atoms with Crippen LogP contribution in [-0.4, -0.2) is 30.0 Å². The Hall–Kier alpha value is -1.15. The molecule has 1 atom stereocenters. The van der Waals surface area contributed by atoms with Gasteiger partial charge in [-0.25, -0.2) is 0 Å². The van der Waals surface area contributed by atoms with E-state index in [0.717, 1.165) is 0 Å². The molecular formula is C10H16F3N3O2. The summed E-state index contributed by atoms with van der Waals surface area (Å²) in [5.74, 6) is 0.433. The highest BCUT2D eigenvalue weighted by molar-refractivity contribution is 4.98. The Morgan fingerprint density at radius 2 is 2.06 bits per heavy atom. The van der Waals surface area contributed by atoms with Crippen LogP contribution in [0.2, 0.25) is 0 Å². The zero-order valence-corrected chi connectivity index (χ0v) is 10.5. The van der Waals surface area contributed by atoms with Gasteiger partial charge in [-0.2, -0.15) is 18.2 Å². The number of rotatable bonds is 6. The summed E-state index contributed by atoms with van der Waals surface area (Å²) in [5, 5.41) is 5.89. The van der Waals surface area contributed by atoms with Crippen LogP contribution in [0.15, 0.2) is 4.52 Å². The van der Waals surface area contributed by atoms with E-state index in [4.69, 9.17) is 9.26 Å². The van der Waals surface area contributed by atoms with Crippen molar-refractivity contribution in [2.24, 2.45) is 0 Å². The average Bonchev–Trinajstić information content (AvgIpc) is 2.75. The Kier molecular flexibility index (Phi) is 4.69. The summed E-state index contributed by atoms with van der Waals surface area (Å²) in [5.41, 5.74) is -0.689. The van der Waals surface area contributed by atoms with Gasteiger partial charge in [0.25, 0.3) is 0 Å². The van der Waals surface area contributed by atoms with Crippen molar-refractivity contribution >= 4 is 0 Å². The van der Waals surface area contributed by atoms with Crippen LogP contribution in [-0.2, 0) is 16.9 Å². The summed E-state index contributed by atoms with van der Waals surface area (Å²) < 4.78 is 45.9. The molecule has 1 N–H and O–H groups in total. The van der Waals surface area contributed by atoms with E-state index in [0.29, 0.717) is 12.2 Å². The minimum absolute atomic E-state index is 0.103. The first-order chi connectivity index (χ1) is 8.30. The fourth-order valence-electron chi connectivity index (χ4n) is 1.25. The van der Waals surface area contributed by atoms with E-state index in [2.05, 4.69) is 15.5 Å². The van der Waals surface area contributed by atoms with E-state index in [1.165, 1.54) is 7.11 Å². The minimum Gasteiger partial charge on any atom is -0.370 e. The molecule has 1 aromatic heterocycles. The molecule has 1 rings (SSSR count). The van der Waals surface area contributed by atoms with Crippen molar-refractivity contribution in [1.82, 2.24) is 15.5 Å². The zero-order chi connectivity index (χ0) is 13.8. The molecule has 0 spiro atoms. The Morgan fingerprint density at radius 3 is 2.56 bits per heavy atom. The average molecular weight is 267 g/mol. The highest BCUT2D eigenvalue weighted by atomic mass is 19.4. The smallest absolute Gasteiger partial charge is 0.370 e. The van der Waals surface area contributed by atoms with Gasteiger partial charge in [-0.05, 0) is 13.3 Å². The van der Waals surface area contributed by atoms with Crippen molar-refractivity contribution in [3.8, 4) is 0 Å². The molecule has 5 nitrogen and oxygen atoms in total. The number of halogens is 3. The Labute approximate surface area is 103 Å². The van der Waals surface area contributed by atoms with E-state index in [9.17, 15) is 13.2 Å². The summed E-state index contributed by atoms with van der Waals surface area (Å²) in [4.78, 5) is 4.01. The summed E-state index contributed by atoms with van der Waals surface area (Å²) >= 11 is 0. The maximum Gasteiger partial charge on any atom is 0.401 e. The predicted octanol–water partition coefficient (Wildman–Crippen LogP) is 1.99. The Morgan fingerprint density at radius 1 is 1.39 bits per heavy atom. The molecule has 104 valence electrons. The maximum atomic E-state index is 11.9. The van der Waals surface area contributed by atoms with Gasteiger partial charge in [-0.3, -0.25) is 0 Å². The number of hydrogen-bond acceptors (Lipinski definition) is 5. The summed E-state index contributed by atoms with van der Waals surface area (Å²) in [7, 11) is 1.52. The number of nitrogens with zero attached hydrogens (tertiary/aromatic N) is 2. The number of hydrogen-bond donors (Lipinski definition) is 1. The van der Waals surface area contributed by atoms with Gasteiger partial charge in [-0.15, -0.1) is 0 Å². The molecule has 1 unspecified atom stereocenters. The van der Waals surface area contributed by atoms with Crippen LogP contribution in [0.25, 0.3) is 0 Å². The SMILES string of the molecule is CCC(C)(OC)c1noc(CNCC(F)(F)F)n1. The van der Waals surface area contributed by atoms with Crippen molar-refractivity contribution in [2.45, 2.75) is 38.6 Å². The van der Waals surface area contributed by atoms with Gasteiger partial charge >= 0.3 is 6.18 Å². The lowest BCUT2D eigenvalue weighted by Crippen LogP contribution is -2.28. The normalized spacial score (nSPS) is 15.7. The molecule has 0 fully saturated rings. The summed E-state index contributed by atoms with van der Waals surface area (Å²) in [6, 6.07) is 0. The fourth-order valence-corrected chi connectivity index (χ4v) is 1.25. The molecule has 1 aromatic rings. The van der Waals surface area contributed by atoms with Gasteiger partial charge < -0.3 is 14.6 Å². The number of ether oxygens (including phenoxy) is 1. The quantitative estimate of drug-likeness (QED) is 0.854. The molecule has 0 aromatic carbocycles. The third kappa shape index (κ3) is 3.95. The fraction of sp³-hybridized carbons (Fsp3) is 0.800. The molecule has 1 heterocycles. The van der Waals surface area contributed by atoms with Crippen molar-refractivity contribution < 1.29 is 22.4 Å². The van der Waals surface area contributed by atoms with Gasteiger partial charge in [0.1, 0.15) is 5.60 Å². The Balaban J connectivity index is 2.59. The number of methoxy groups -OCH3 is 1. The second kappa shape index (κ2) is 5.66. The van der Waals surface area contributed by atoms with Crippen LogP contribution in [0.3, 0.4) is 0 Å². The molecule has 0 amide bonds. The van der Waals surface area contributed by atoms with Crippen LogP contribution in [0.4, 0.5) is 13.2 Å². The third-order valence-electron chi connectivity index (χ3n) is 2.67. The molecule has 0 radical (unpaired) electrons. The molecule has 8 heteroatoms. The topological polar surface area (TPSA) is 60.2 Å². The van der Waals surface area contributed by atoms with E-state index >= 15 is 0 Å². The summed E-state index contributed by atoms with van der Waals surface area (Å²) in [6.07, 6.45) is -3.63. The van der Waals surface area contributed by atoms with Gasteiger partial charge in [-0.1, -0.05) is 12.1 Å². The standard InChI is InChI=1S/C10H16F3N3O2/c1-4-9(2,17-3)8-15-7(18-16-8)5-14-6-10(11,12)13/h14H,4-6H2,1-3H3. The first-order valence-corrected chi connectivity index (χ1v) is 5.46. The first kappa shape index (κ1) is 14.9. The third-order valence-corrected chi connectivity index (χ3v) is 2.67. The molecule has 0 bridgehead atoms. The van der Waals surface area contributed by atoms with Gasteiger partial charge in [0.15, 0.2) is 0 Å². The summed E-state index contributed by atoms with van der Waals surface area (Å²) in [6.45, 7) is 2.45. The molecule has 0 aliphatic carbocycles. The van der Waals surface area contributed by atoms with Crippen LogP contribution < -0.4 is 5.32 Å². The second-order valence-corrected chi connectivity index (χ2v) is 4.02. The number of nitrogens with one attached hydrogen (secondary N) is 1. The molecule has 0 aliphatic heterocycles. The second-order valence-electron chi connectivity index (χ2n) is 4.02. The number of alkyl halides is 3. The maximum absolute atomic E-state index is 11.9. The highest BCUT2D eigenvalue weighted by Gasteiger charge is 2.30. The molecule has 0 aliphatic rings. The van der Waals surface area contributed by atoms with E-state index in [1.54, 1.807) is 6.92 Å². The van der Waals surface area contributed by atoms with Crippen molar-refractivity contribution in [3.05, 3.63) is 11.7 Å². The minimum atomic E-state index is -4.26. The number of aromatic nitrogens is 2. The lowest BCUT2D eigenvalue weighted by Gasteiger charge is -2.21. The van der Waals surface area contributed by atoms with E-state index in [1.807, 2.05) is 6.92 Å².